The van der Waals surface area contributed by atoms with Gasteiger partial charge in [0.15, 0.2) is 0 Å². The highest BCUT2D eigenvalue weighted by Gasteiger charge is 2.08. The van der Waals surface area contributed by atoms with E-state index in [9.17, 15) is 0 Å². The van der Waals surface area contributed by atoms with E-state index < -0.39 is 0 Å². The van der Waals surface area contributed by atoms with Gasteiger partial charge in [0.1, 0.15) is 0 Å². The number of unbranched alkanes of at least 4 members (excludes halogenated alkanes) is 2. The minimum absolute atomic E-state index is 0.224. The molecule has 19 heavy (non-hydrogen) atoms. The standard InChI is InChI=1S/C17H36O2/c1-6-8-10-15(3)12-18-14-17(5)19-13-16(4)11-9-7-2/h15-17H,6-14H2,1-5H3. The lowest BCUT2D eigenvalue weighted by atomic mass is 10.1. The average Bonchev–Trinajstić information content (AvgIpc) is 2.40. The first kappa shape index (κ1) is 18.9. The fraction of sp³-hybridized carbons (Fsp3) is 1.00. The lowest BCUT2D eigenvalue weighted by Crippen LogP contribution is -2.21. The van der Waals surface area contributed by atoms with Crippen molar-refractivity contribution in [2.75, 3.05) is 19.8 Å². The van der Waals surface area contributed by atoms with Gasteiger partial charge in [-0.3, -0.25) is 0 Å². The first-order chi connectivity index (χ1) is 9.10. The molecule has 3 atom stereocenters. The predicted molar refractivity (Wildman–Crippen MR) is 83.6 cm³/mol. The normalized spacial score (nSPS) is 16.3. The molecule has 0 aromatic carbocycles. The zero-order chi connectivity index (χ0) is 14.5. The fourth-order valence-corrected chi connectivity index (χ4v) is 2.08. The maximum Gasteiger partial charge on any atom is 0.0780 e. The maximum atomic E-state index is 5.84. The van der Waals surface area contributed by atoms with Crippen LogP contribution in [0.15, 0.2) is 0 Å². The van der Waals surface area contributed by atoms with Crippen LogP contribution in [-0.4, -0.2) is 25.9 Å². The Kier molecular flexibility index (Phi) is 12.9. The molecular formula is C17H36O2. The van der Waals surface area contributed by atoms with Crippen LogP contribution in [0, 0.1) is 11.8 Å². The van der Waals surface area contributed by atoms with Gasteiger partial charge in [0.05, 0.1) is 12.7 Å². The van der Waals surface area contributed by atoms with Gasteiger partial charge in [-0.15, -0.1) is 0 Å². The van der Waals surface area contributed by atoms with E-state index in [1.54, 1.807) is 0 Å². The van der Waals surface area contributed by atoms with Gasteiger partial charge in [-0.25, -0.2) is 0 Å². The molecule has 0 saturated heterocycles. The molecule has 0 radical (unpaired) electrons. The molecule has 0 fully saturated rings. The van der Waals surface area contributed by atoms with Crippen LogP contribution in [0.4, 0.5) is 0 Å². The lowest BCUT2D eigenvalue weighted by molar-refractivity contribution is -0.0258. The molecule has 116 valence electrons. The summed E-state index contributed by atoms with van der Waals surface area (Å²) in [6.45, 7) is 13.6. The SMILES string of the molecule is CCCCC(C)COCC(C)OCC(C)CCCC. The van der Waals surface area contributed by atoms with Crippen molar-refractivity contribution in [3.63, 3.8) is 0 Å². The molecule has 2 heteroatoms. The third kappa shape index (κ3) is 12.7. The zero-order valence-electron chi connectivity index (χ0n) is 13.9. The van der Waals surface area contributed by atoms with Crippen LogP contribution in [0.2, 0.25) is 0 Å². The Bertz CT molecular complexity index is 182. The number of hydrogen-bond acceptors (Lipinski definition) is 2. The van der Waals surface area contributed by atoms with E-state index in [1.807, 2.05) is 0 Å². The smallest absolute Gasteiger partial charge is 0.0780 e. The second-order valence-corrected chi connectivity index (χ2v) is 6.18. The van der Waals surface area contributed by atoms with E-state index in [0.29, 0.717) is 11.8 Å². The van der Waals surface area contributed by atoms with E-state index in [0.717, 1.165) is 19.8 Å². The van der Waals surface area contributed by atoms with Crippen LogP contribution in [0.25, 0.3) is 0 Å². The summed E-state index contributed by atoms with van der Waals surface area (Å²) in [7, 11) is 0. The van der Waals surface area contributed by atoms with Crippen molar-refractivity contribution < 1.29 is 9.47 Å². The van der Waals surface area contributed by atoms with Crippen LogP contribution in [-0.2, 0) is 9.47 Å². The number of hydrogen-bond donors (Lipinski definition) is 0. The van der Waals surface area contributed by atoms with Crippen LogP contribution in [0.5, 0.6) is 0 Å². The van der Waals surface area contributed by atoms with Crippen molar-refractivity contribution >= 4 is 0 Å². The minimum atomic E-state index is 0.224. The number of rotatable bonds is 13. The van der Waals surface area contributed by atoms with Crippen LogP contribution in [0.3, 0.4) is 0 Å². The molecule has 0 aliphatic rings. The topological polar surface area (TPSA) is 18.5 Å². The van der Waals surface area contributed by atoms with Crippen LogP contribution in [0.1, 0.15) is 73.1 Å². The average molecular weight is 272 g/mol. The Morgan fingerprint density at radius 1 is 0.737 bits per heavy atom. The molecule has 0 aliphatic heterocycles. The van der Waals surface area contributed by atoms with Crippen LogP contribution >= 0.6 is 0 Å². The monoisotopic (exact) mass is 272 g/mol. The summed E-state index contributed by atoms with van der Waals surface area (Å²) in [5.41, 5.74) is 0. The van der Waals surface area contributed by atoms with E-state index in [2.05, 4.69) is 34.6 Å². The molecule has 0 spiro atoms. The third-order valence-corrected chi connectivity index (χ3v) is 3.52. The largest absolute Gasteiger partial charge is 0.378 e. The van der Waals surface area contributed by atoms with Crippen LogP contribution < -0.4 is 0 Å². The summed E-state index contributed by atoms with van der Waals surface area (Å²) < 4.78 is 11.6. The molecular weight excluding hydrogens is 236 g/mol. The molecule has 0 saturated carbocycles. The summed E-state index contributed by atoms with van der Waals surface area (Å²) in [6, 6.07) is 0. The van der Waals surface area contributed by atoms with Gasteiger partial charge < -0.3 is 9.47 Å². The molecule has 0 aliphatic carbocycles. The Morgan fingerprint density at radius 2 is 1.26 bits per heavy atom. The molecule has 0 aromatic rings. The molecule has 3 unspecified atom stereocenters. The van der Waals surface area contributed by atoms with Gasteiger partial charge in [-0.2, -0.15) is 0 Å². The second-order valence-electron chi connectivity index (χ2n) is 6.18. The number of ether oxygens (including phenoxy) is 2. The third-order valence-electron chi connectivity index (χ3n) is 3.52. The summed E-state index contributed by atoms with van der Waals surface area (Å²) in [4.78, 5) is 0. The highest BCUT2D eigenvalue weighted by atomic mass is 16.5. The summed E-state index contributed by atoms with van der Waals surface area (Å²) >= 11 is 0. The molecule has 0 bridgehead atoms. The van der Waals surface area contributed by atoms with Gasteiger partial charge in [-0.1, -0.05) is 53.4 Å². The first-order valence-electron chi connectivity index (χ1n) is 8.29. The van der Waals surface area contributed by atoms with Gasteiger partial charge in [0.2, 0.25) is 0 Å². The quantitative estimate of drug-likeness (QED) is 0.466. The maximum absolute atomic E-state index is 5.84. The molecule has 2 nitrogen and oxygen atoms in total. The minimum Gasteiger partial charge on any atom is -0.378 e. The summed E-state index contributed by atoms with van der Waals surface area (Å²) in [5.74, 6) is 1.35. The highest BCUT2D eigenvalue weighted by molar-refractivity contribution is 4.56. The van der Waals surface area contributed by atoms with Gasteiger partial charge in [0.25, 0.3) is 0 Å². The Balaban J connectivity index is 3.45. The Hall–Kier alpha value is -0.0800. The van der Waals surface area contributed by atoms with E-state index >= 15 is 0 Å². The van der Waals surface area contributed by atoms with Gasteiger partial charge in [0, 0.05) is 13.2 Å². The predicted octanol–water partition coefficient (Wildman–Crippen LogP) is 5.06. The van der Waals surface area contributed by atoms with Crippen molar-refractivity contribution in [1.82, 2.24) is 0 Å². The van der Waals surface area contributed by atoms with Gasteiger partial charge >= 0.3 is 0 Å². The first-order valence-corrected chi connectivity index (χ1v) is 8.29. The fourth-order valence-electron chi connectivity index (χ4n) is 2.08. The van der Waals surface area contributed by atoms with Crippen molar-refractivity contribution in [3.05, 3.63) is 0 Å². The summed E-state index contributed by atoms with van der Waals surface area (Å²) in [5, 5.41) is 0. The van der Waals surface area contributed by atoms with Crippen molar-refractivity contribution in [3.8, 4) is 0 Å². The van der Waals surface area contributed by atoms with E-state index in [4.69, 9.17) is 9.47 Å². The highest BCUT2D eigenvalue weighted by Crippen LogP contribution is 2.10. The van der Waals surface area contributed by atoms with E-state index in [1.165, 1.54) is 38.5 Å². The lowest BCUT2D eigenvalue weighted by Gasteiger charge is -2.18. The van der Waals surface area contributed by atoms with E-state index in [-0.39, 0.29) is 6.10 Å². The Morgan fingerprint density at radius 3 is 1.79 bits per heavy atom. The summed E-state index contributed by atoms with van der Waals surface area (Å²) in [6.07, 6.45) is 7.95. The van der Waals surface area contributed by atoms with Crippen molar-refractivity contribution in [2.45, 2.75) is 79.2 Å². The van der Waals surface area contributed by atoms with Crippen molar-refractivity contribution in [1.29, 1.82) is 0 Å². The molecule has 0 N–H and O–H groups in total. The molecule has 0 rings (SSSR count). The zero-order valence-corrected chi connectivity index (χ0v) is 13.9. The Labute approximate surface area is 121 Å². The van der Waals surface area contributed by atoms with Gasteiger partial charge in [-0.05, 0) is 31.6 Å². The molecule has 0 heterocycles. The molecule has 0 aromatic heterocycles. The van der Waals surface area contributed by atoms with Crippen molar-refractivity contribution in [2.24, 2.45) is 11.8 Å². The molecule has 0 amide bonds. The second kappa shape index (κ2) is 12.9.